The average Bonchev–Trinajstić information content (AvgIpc) is 3.52. The molecule has 4 heterocycles. The second kappa shape index (κ2) is 8.38. The Morgan fingerprint density at radius 2 is 2.03 bits per heavy atom. The van der Waals surface area contributed by atoms with E-state index < -0.39 is 0 Å². The molecule has 3 aromatic heterocycles. The number of nitrogens with zero attached hydrogens (tertiary/aromatic N) is 4. The quantitative estimate of drug-likeness (QED) is 0.447. The summed E-state index contributed by atoms with van der Waals surface area (Å²) in [5.74, 6) is 1.78. The lowest BCUT2D eigenvalue weighted by molar-refractivity contribution is 0.199. The molecular formula is C23H22N4O2S. The average molecular weight is 419 g/mol. The number of ether oxygens (including phenoxy) is 1. The van der Waals surface area contributed by atoms with Crippen LogP contribution in [0.2, 0.25) is 0 Å². The summed E-state index contributed by atoms with van der Waals surface area (Å²) >= 11 is 1.83. The van der Waals surface area contributed by atoms with Crippen molar-refractivity contribution in [3.05, 3.63) is 70.7 Å². The summed E-state index contributed by atoms with van der Waals surface area (Å²) in [6.07, 6.45) is 4.58. The fourth-order valence-corrected chi connectivity index (χ4v) is 4.63. The largest absolute Gasteiger partial charge is 0.488 e. The van der Waals surface area contributed by atoms with Crippen molar-refractivity contribution in [1.82, 2.24) is 20.0 Å². The van der Waals surface area contributed by atoms with E-state index in [-0.39, 0.29) is 6.10 Å². The number of aryl methyl sites for hydroxylation is 1. The molecule has 30 heavy (non-hydrogen) atoms. The van der Waals surface area contributed by atoms with Crippen LogP contribution in [0.15, 0.2) is 64.8 Å². The molecule has 4 aromatic rings. The molecule has 1 atom stereocenters. The minimum Gasteiger partial charge on any atom is -0.488 e. The van der Waals surface area contributed by atoms with Gasteiger partial charge in [0, 0.05) is 42.5 Å². The maximum Gasteiger partial charge on any atom is 0.262 e. The van der Waals surface area contributed by atoms with Gasteiger partial charge in [-0.2, -0.15) is 4.98 Å². The highest BCUT2D eigenvalue weighted by molar-refractivity contribution is 7.10. The number of hydrogen-bond acceptors (Lipinski definition) is 7. The van der Waals surface area contributed by atoms with Gasteiger partial charge < -0.3 is 9.26 Å². The van der Waals surface area contributed by atoms with E-state index in [1.165, 1.54) is 10.4 Å². The lowest BCUT2D eigenvalue weighted by Crippen LogP contribution is -2.24. The molecule has 0 N–H and O–H groups in total. The number of likely N-dealkylation sites (tertiary alicyclic amines) is 1. The molecule has 1 fully saturated rings. The fraction of sp³-hybridized carbons (Fsp3) is 0.261. The summed E-state index contributed by atoms with van der Waals surface area (Å²) in [4.78, 5) is 12.5. The topological polar surface area (TPSA) is 64.3 Å². The van der Waals surface area contributed by atoms with Crippen molar-refractivity contribution in [2.45, 2.75) is 26.0 Å². The molecule has 152 valence electrons. The molecule has 0 amide bonds. The molecule has 0 bridgehead atoms. The van der Waals surface area contributed by atoms with Crippen LogP contribution in [0.3, 0.4) is 0 Å². The van der Waals surface area contributed by atoms with Crippen molar-refractivity contribution in [2.24, 2.45) is 0 Å². The van der Waals surface area contributed by atoms with Crippen LogP contribution in [0.25, 0.3) is 22.8 Å². The monoisotopic (exact) mass is 418 g/mol. The number of aromatic nitrogens is 3. The van der Waals surface area contributed by atoms with Gasteiger partial charge in [-0.3, -0.25) is 9.88 Å². The lowest BCUT2D eigenvalue weighted by Gasteiger charge is -2.17. The Morgan fingerprint density at radius 3 is 2.87 bits per heavy atom. The van der Waals surface area contributed by atoms with Gasteiger partial charge in [0.15, 0.2) is 0 Å². The van der Waals surface area contributed by atoms with E-state index in [1.54, 1.807) is 12.4 Å². The van der Waals surface area contributed by atoms with Crippen LogP contribution < -0.4 is 4.74 Å². The molecule has 1 aliphatic heterocycles. The summed E-state index contributed by atoms with van der Waals surface area (Å²) in [7, 11) is 0. The summed E-state index contributed by atoms with van der Waals surface area (Å²) in [5, 5.41) is 6.28. The van der Waals surface area contributed by atoms with Gasteiger partial charge >= 0.3 is 0 Å². The van der Waals surface area contributed by atoms with Crippen LogP contribution in [0, 0.1) is 6.92 Å². The highest BCUT2D eigenvalue weighted by atomic mass is 32.1. The number of hydrogen-bond donors (Lipinski definition) is 0. The maximum absolute atomic E-state index is 6.38. The van der Waals surface area contributed by atoms with E-state index in [0.29, 0.717) is 11.7 Å². The Kier molecular flexibility index (Phi) is 5.29. The fourth-order valence-electron chi connectivity index (χ4n) is 3.68. The van der Waals surface area contributed by atoms with Crippen LogP contribution in [-0.4, -0.2) is 39.2 Å². The molecule has 1 unspecified atom stereocenters. The summed E-state index contributed by atoms with van der Waals surface area (Å²) in [6, 6.07) is 13.8. The number of benzene rings is 1. The predicted octanol–water partition coefficient (Wildman–Crippen LogP) is 4.82. The molecule has 7 heteroatoms. The molecule has 5 rings (SSSR count). The smallest absolute Gasteiger partial charge is 0.262 e. The van der Waals surface area contributed by atoms with E-state index in [9.17, 15) is 0 Å². The first kappa shape index (κ1) is 19.0. The van der Waals surface area contributed by atoms with Gasteiger partial charge in [-0.1, -0.05) is 17.3 Å². The Bertz CT molecular complexity index is 1120. The molecule has 1 aromatic carbocycles. The second-order valence-electron chi connectivity index (χ2n) is 7.45. The van der Waals surface area contributed by atoms with E-state index >= 15 is 0 Å². The number of rotatable bonds is 6. The zero-order chi connectivity index (χ0) is 20.3. The Labute approximate surface area is 179 Å². The zero-order valence-electron chi connectivity index (χ0n) is 16.7. The second-order valence-corrected chi connectivity index (χ2v) is 8.45. The number of pyridine rings is 1. The first-order valence-corrected chi connectivity index (χ1v) is 10.9. The van der Waals surface area contributed by atoms with Gasteiger partial charge in [0.2, 0.25) is 5.82 Å². The molecule has 0 spiro atoms. The standard InChI is InChI=1S/C23H22N4O2S/c1-16-9-13-30-21(16)15-27-12-8-18(14-27)28-20-5-3-2-4-19(20)23-25-22(26-29-23)17-6-10-24-11-7-17/h2-7,9-11,13,18H,8,12,14-15H2,1H3. The van der Waals surface area contributed by atoms with Crippen molar-refractivity contribution in [1.29, 1.82) is 0 Å². The Balaban J connectivity index is 1.30. The van der Waals surface area contributed by atoms with Gasteiger partial charge in [-0.05, 0) is 54.6 Å². The molecule has 0 saturated carbocycles. The molecule has 1 aliphatic rings. The summed E-state index contributed by atoms with van der Waals surface area (Å²) < 4.78 is 11.9. The van der Waals surface area contributed by atoms with Crippen LogP contribution in [0.1, 0.15) is 16.9 Å². The first-order valence-electron chi connectivity index (χ1n) is 10.0. The Hall–Kier alpha value is -3.03. The zero-order valence-corrected chi connectivity index (χ0v) is 17.5. The van der Waals surface area contributed by atoms with Crippen molar-refractivity contribution in [3.63, 3.8) is 0 Å². The van der Waals surface area contributed by atoms with E-state index in [2.05, 4.69) is 38.4 Å². The van der Waals surface area contributed by atoms with Gasteiger partial charge in [0.05, 0.1) is 5.56 Å². The summed E-state index contributed by atoms with van der Waals surface area (Å²) in [5.41, 5.74) is 3.06. The third-order valence-corrected chi connectivity index (χ3v) is 6.35. The van der Waals surface area contributed by atoms with E-state index in [4.69, 9.17) is 9.26 Å². The molecule has 0 aliphatic carbocycles. The van der Waals surface area contributed by atoms with Crippen LogP contribution in [0.5, 0.6) is 5.75 Å². The molecule has 6 nitrogen and oxygen atoms in total. The highest BCUT2D eigenvalue weighted by Crippen LogP contribution is 2.32. The Morgan fingerprint density at radius 1 is 1.17 bits per heavy atom. The van der Waals surface area contributed by atoms with Crippen LogP contribution >= 0.6 is 11.3 Å². The normalized spacial score (nSPS) is 16.8. The highest BCUT2D eigenvalue weighted by Gasteiger charge is 2.26. The van der Waals surface area contributed by atoms with E-state index in [0.717, 1.165) is 42.9 Å². The van der Waals surface area contributed by atoms with Gasteiger partial charge in [-0.25, -0.2) is 0 Å². The maximum atomic E-state index is 6.38. The van der Waals surface area contributed by atoms with Gasteiger partial charge in [-0.15, -0.1) is 11.3 Å². The molecular weight excluding hydrogens is 396 g/mol. The van der Waals surface area contributed by atoms with Crippen molar-refractivity contribution in [2.75, 3.05) is 13.1 Å². The number of thiophene rings is 1. The summed E-state index contributed by atoms with van der Waals surface area (Å²) in [6.45, 7) is 5.12. The minimum atomic E-state index is 0.147. The third kappa shape index (κ3) is 3.99. The van der Waals surface area contributed by atoms with Gasteiger partial charge in [0.1, 0.15) is 11.9 Å². The molecule has 0 radical (unpaired) electrons. The van der Waals surface area contributed by atoms with Crippen LogP contribution in [-0.2, 0) is 6.54 Å². The SMILES string of the molecule is Cc1ccsc1CN1CCC(Oc2ccccc2-c2nc(-c3ccncc3)no2)C1. The molecule has 1 saturated heterocycles. The third-order valence-electron chi connectivity index (χ3n) is 5.34. The number of para-hydroxylation sites is 1. The first-order chi connectivity index (χ1) is 14.8. The van der Waals surface area contributed by atoms with E-state index in [1.807, 2.05) is 47.7 Å². The van der Waals surface area contributed by atoms with Crippen LogP contribution in [0.4, 0.5) is 0 Å². The van der Waals surface area contributed by atoms with Crippen molar-refractivity contribution in [3.8, 4) is 28.6 Å². The van der Waals surface area contributed by atoms with Crippen molar-refractivity contribution >= 4 is 11.3 Å². The van der Waals surface area contributed by atoms with Crippen molar-refractivity contribution < 1.29 is 9.26 Å². The van der Waals surface area contributed by atoms with Gasteiger partial charge in [0.25, 0.3) is 5.89 Å². The minimum absolute atomic E-state index is 0.147. The predicted molar refractivity (Wildman–Crippen MR) is 116 cm³/mol. The lowest BCUT2D eigenvalue weighted by atomic mass is 10.2.